The van der Waals surface area contributed by atoms with Crippen molar-refractivity contribution in [2.24, 2.45) is 0 Å². The van der Waals surface area contributed by atoms with Gasteiger partial charge in [-0.05, 0) is 18.9 Å². The molecule has 0 radical (unpaired) electrons. The van der Waals surface area contributed by atoms with Gasteiger partial charge in [-0.2, -0.15) is 20.2 Å². The molecular formula is C16H21N9. The number of aromatic nitrogens is 7. The Morgan fingerprint density at radius 2 is 2.16 bits per heavy atom. The molecular weight excluding hydrogens is 318 g/mol. The van der Waals surface area contributed by atoms with E-state index in [2.05, 4.69) is 39.3 Å². The predicted molar refractivity (Wildman–Crippen MR) is 93.3 cm³/mol. The second kappa shape index (κ2) is 6.15. The largest absolute Gasteiger partial charge is 0.368 e. The molecule has 1 atom stereocenters. The van der Waals surface area contributed by atoms with Crippen molar-refractivity contribution in [3.63, 3.8) is 0 Å². The molecule has 0 fully saturated rings. The van der Waals surface area contributed by atoms with Crippen LogP contribution >= 0.6 is 0 Å². The Morgan fingerprint density at radius 3 is 2.92 bits per heavy atom. The van der Waals surface area contributed by atoms with Crippen LogP contribution in [0.2, 0.25) is 0 Å². The zero-order valence-electron chi connectivity index (χ0n) is 14.3. The Hall–Kier alpha value is -2.97. The fourth-order valence-electron chi connectivity index (χ4n) is 2.98. The second-order valence-electron chi connectivity index (χ2n) is 6.47. The van der Waals surface area contributed by atoms with Gasteiger partial charge < -0.3 is 11.1 Å². The van der Waals surface area contributed by atoms with Crippen LogP contribution in [0.4, 0.5) is 11.8 Å². The van der Waals surface area contributed by atoms with Crippen LogP contribution in [0.15, 0.2) is 24.5 Å². The molecule has 0 amide bonds. The molecule has 0 saturated carbocycles. The molecule has 25 heavy (non-hydrogen) atoms. The van der Waals surface area contributed by atoms with Crippen molar-refractivity contribution in [3.05, 3.63) is 36.2 Å². The summed E-state index contributed by atoms with van der Waals surface area (Å²) in [4.78, 5) is 13.3. The van der Waals surface area contributed by atoms with Gasteiger partial charge in [-0.1, -0.05) is 13.8 Å². The van der Waals surface area contributed by atoms with Gasteiger partial charge >= 0.3 is 0 Å². The van der Waals surface area contributed by atoms with E-state index in [4.69, 9.17) is 10.7 Å². The standard InChI is InChI=1S/C16H21N9/c1-10(2)14-22-15-11(5-3-7-25(15)23-14)19-12-9-13(21-16(17)20-12)24-8-4-6-18-24/h4,6,8-11H,3,5,7H2,1-2H3,(H3,17,19,20,21)/t11-/m0/s1. The van der Waals surface area contributed by atoms with Gasteiger partial charge in [0, 0.05) is 30.9 Å². The van der Waals surface area contributed by atoms with E-state index in [1.807, 2.05) is 23.0 Å². The van der Waals surface area contributed by atoms with E-state index in [0.29, 0.717) is 17.6 Å². The van der Waals surface area contributed by atoms with Gasteiger partial charge in [0.1, 0.15) is 11.6 Å². The minimum absolute atomic E-state index is 0.0496. The highest BCUT2D eigenvalue weighted by Gasteiger charge is 2.25. The lowest BCUT2D eigenvalue weighted by molar-refractivity contribution is 0.436. The number of nitrogens with two attached hydrogens (primary N) is 1. The molecule has 1 aliphatic rings. The minimum atomic E-state index is 0.0496. The molecule has 0 spiro atoms. The highest BCUT2D eigenvalue weighted by atomic mass is 15.4. The first kappa shape index (κ1) is 15.6. The van der Waals surface area contributed by atoms with Crippen LogP contribution in [0.1, 0.15) is 50.3 Å². The lowest BCUT2D eigenvalue weighted by atomic mass is 10.1. The number of aryl methyl sites for hydroxylation is 1. The quantitative estimate of drug-likeness (QED) is 0.746. The van der Waals surface area contributed by atoms with E-state index in [1.165, 1.54) is 0 Å². The van der Waals surface area contributed by atoms with E-state index in [1.54, 1.807) is 10.9 Å². The number of fused-ring (bicyclic) bond motifs is 1. The number of hydrogen-bond donors (Lipinski definition) is 2. The van der Waals surface area contributed by atoms with Crippen molar-refractivity contribution >= 4 is 11.8 Å². The number of nitrogen functional groups attached to an aromatic ring is 1. The van der Waals surface area contributed by atoms with Crippen molar-refractivity contribution in [2.75, 3.05) is 11.1 Å². The first-order valence-electron chi connectivity index (χ1n) is 8.46. The second-order valence-corrected chi connectivity index (χ2v) is 6.47. The maximum Gasteiger partial charge on any atom is 0.224 e. The van der Waals surface area contributed by atoms with Crippen molar-refractivity contribution in [1.82, 2.24) is 34.5 Å². The Labute approximate surface area is 145 Å². The number of anilines is 2. The summed E-state index contributed by atoms with van der Waals surface area (Å²) in [6.45, 7) is 5.11. The third-order valence-electron chi connectivity index (χ3n) is 4.20. The third-order valence-corrected chi connectivity index (χ3v) is 4.20. The zero-order chi connectivity index (χ0) is 17.4. The van der Waals surface area contributed by atoms with Gasteiger partial charge in [-0.25, -0.2) is 14.3 Å². The monoisotopic (exact) mass is 339 g/mol. The first-order valence-corrected chi connectivity index (χ1v) is 8.46. The van der Waals surface area contributed by atoms with E-state index < -0.39 is 0 Å². The zero-order valence-corrected chi connectivity index (χ0v) is 14.3. The third kappa shape index (κ3) is 3.04. The minimum Gasteiger partial charge on any atom is -0.368 e. The molecule has 0 unspecified atom stereocenters. The molecule has 3 aromatic rings. The van der Waals surface area contributed by atoms with Gasteiger partial charge in [0.05, 0.1) is 6.04 Å². The fraction of sp³-hybridized carbons (Fsp3) is 0.438. The smallest absolute Gasteiger partial charge is 0.224 e. The van der Waals surface area contributed by atoms with Crippen LogP contribution in [-0.4, -0.2) is 34.5 Å². The lowest BCUT2D eigenvalue weighted by Gasteiger charge is -2.23. The topological polar surface area (TPSA) is 112 Å². The van der Waals surface area contributed by atoms with Crippen LogP contribution in [0.5, 0.6) is 0 Å². The van der Waals surface area contributed by atoms with Gasteiger partial charge in [0.15, 0.2) is 11.6 Å². The number of rotatable bonds is 4. The summed E-state index contributed by atoms with van der Waals surface area (Å²) in [5, 5.41) is 12.2. The first-order chi connectivity index (χ1) is 12.1. The molecule has 3 aromatic heterocycles. The van der Waals surface area contributed by atoms with Gasteiger partial charge in [-0.3, -0.25) is 0 Å². The Kier molecular flexibility index (Phi) is 3.83. The summed E-state index contributed by atoms with van der Waals surface area (Å²) in [6, 6.07) is 3.72. The van der Waals surface area contributed by atoms with Gasteiger partial charge in [0.25, 0.3) is 0 Å². The van der Waals surface area contributed by atoms with E-state index in [0.717, 1.165) is 31.0 Å². The molecule has 0 aromatic carbocycles. The average molecular weight is 339 g/mol. The molecule has 4 rings (SSSR count). The van der Waals surface area contributed by atoms with E-state index >= 15 is 0 Å². The summed E-state index contributed by atoms with van der Waals surface area (Å²) < 4.78 is 3.65. The maximum absolute atomic E-state index is 5.87. The van der Waals surface area contributed by atoms with Crippen LogP contribution in [0, 0.1) is 0 Å². The molecule has 0 saturated heterocycles. The highest BCUT2D eigenvalue weighted by Crippen LogP contribution is 2.28. The van der Waals surface area contributed by atoms with Gasteiger partial charge in [-0.15, -0.1) is 0 Å². The predicted octanol–water partition coefficient (Wildman–Crippen LogP) is 1.91. The van der Waals surface area contributed by atoms with Crippen LogP contribution in [0.25, 0.3) is 5.82 Å². The molecule has 4 heterocycles. The van der Waals surface area contributed by atoms with Crippen molar-refractivity contribution in [2.45, 2.75) is 45.2 Å². The summed E-state index contributed by atoms with van der Waals surface area (Å²) >= 11 is 0. The average Bonchev–Trinajstić information content (AvgIpc) is 3.24. The van der Waals surface area contributed by atoms with Crippen LogP contribution in [0.3, 0.4) is 0 Å². The van der Waals surface area contributed by atoms with Crippen LogP contribution in [-0.2, 0) is 6.54 Å². The molecule has 9 heteroatoms. The Bertz CT molecular complexity index is 866. The number of hydrogen-bond acceptors (Lipinski definition) is 7. The summed E-state index contributed by atoms with van der Waals surface area (Å²) in [5.74, 6) is 3.62. The molecule has 3 N–H and O–H groups in total. The Balaban J connectivity index is 1.63. The van der Waals surface area contributed by atoms with Crippen molar-refractivity contribution in [3.8, 4) is 5.82 Å². The van der Waals surface area contributed by atoms with Gasteiger partial charge in [0.2, 0.25) is 5.95 Å². The van der Waals surface area contributed by atoms with E-state index in [-0.39, 0.29) is 12.0 Å². The number of nitrogens with zero attached hydrogens (tertiary/aromatic N) is 7. The summed E-state index contributed by atoms with van der Waals surface area (Å²) in [5.41, 5.74) is 5.87. The van der Waals surface area contributed by atoms with Crippen molar-refractivity contribution < 1.29 is 0 Å². The van der Waals surface area contributed by atoms with Crippen LogP contribution < -0.4 is 11.1 Å². The van der Waals surface area contributed by atoms with Crippen molar-refractivity contribution in [1.29, 1.82) is 0 Å². The Morgan fingerprint density at radius 1 is 1.28 bits per heavy atom. The molecule has 9 nitrogen and oxygen atoms in total. The lowest BCUT2D eigenvalue weighted by Crippen LogP contribution is -2.23. The number of nitrogens with one attached hydrogen (secondary N) is 1. The molecule has 0 bridgehead atoms. The molecule has 0 aliphatic carbocycles. The summed E-state index contributed by atoms with van der Waals surface area (Å²) in [7, 11) is 0. The normalized spacial score (nSPS) is 16.8. The highest BCUT2D eigenvalue weighted by molar-refractivity contribution is 5.46. The summed E-state index contributed by atoms with van der Waals surface area (Å²) in [6.07, 6.45) is 5.52. The molecule has 130 valence electrons. The molecule has 1 aliphatic heterocycles. The SMILES string of the molecule is CC(C)c1nc2n(n1)CCC[C@@H]2Nc1cc(-n2cccn2)nc(N)n1. The maximum atomic E-state index is 5.87. The fourth-order valence-corrected chi connectivity index (χ4v) is 2.98. The van der Waals surface area contributed by atoms with E-state index in [9.17, 15) is 0 Å².